The van der Waals surface area contributed by atoms with E-state index in [9.17, 15) is 9.59 Å². The first kappa shape index (κ1) is 17.7. The molecule has 24 heavy (non-hydrogen) atoms. The van der Waals surface area contributed by atoms with Crippen LogP contribution in [0, 0.1) is 11.3 Å². The summed E-state index contributed by atoms with van der Waals surface area (Å²) in [7, 11) is 0. The average molecular weight is 342 g/mol. The van der Waals surface area contributed by atoms with Crippen LogP contribution < -0.4 is 5.32 Å². The highest BCUT2D eigenvalue weighted by Gasteiger charge is 2.18. The van der Waals surface area contributed by atoms with Crippen molar-refractivity contribution in [3.8, 4) is 6.07 Å². The number of esters is 1. The summed E-state index contributed by atoms with van der Waals surface area (Å²) in [5, 5.41) is 13.6. The molecule has 1 amide bonds. The van der Waals surface area contributed by atoms with Crippen LogP contribution in [-0.2, 0) is 20.7 Å². The molecule has 1 aromatic carbocycles. The molecule has 5 nitrogen and oxygen atoms in total. The number of amides is 1. The molecule has 1 N–H and O–H groups in total. The van der Waals surface area contributed by atoms with Gasteiger partial charge in [-0.1, -0.05) is 18.2 Å². The van der Waals surface area contributed by atoms with Gasteiger partial charge in [0.2, 0.25) is 0 Å². The molecule has 0 saturated carbocycles. The molecule has 2 rings (SSSR count). The fraction of sp³-hybridized carbons (Fsp3) is 0.278. The second-order valence-electron chi connectivity index (χ2n) is 5.21. The van der Waals surface area contributed by atoms with Gasteiger partial charge in [-0.15, -0.1) is 11.3 Å². The van der Waals surface area contributed by atoms with Gasteiger partial charge >= 0.3 is 5.97 Å². The first-order chi connectivity index (χ1) is 11.6. The maximum Gasteiger partial charge on any atom is 0.306 e. The second-order valence-corrected chi connectivity index (χ2v) is 6.24. The zero-order chi connectivity index (χ0) is 17.4. The molecular weight excluding hydrogens is 324 g/mol. The Kier molecular flexibility index (Phi) is 6.52. The van der Waals surface area contributed by atoms with Crippen LogP contribution in [-0.4, -0.2) is 18.0 Å². The van der Waals surface area contributed by atoms with E-state index in [0.29, 0.717) is 17.7 Å². The molecule has 1 heterocycles. The number of ether oxygens (including phenoxy) is 1. The Labute approximate surface area is 144 Å². The maximum absolute atomic E-state index is 12.1. The zero-order valence-electron chi connectivity index (χ0n) is 13.3. The van der Waals surface area contributed by atoms with Crippen LogP contribution >= 0.6 is 11.3 Å². The Morgan fingerprint density at radius 2 is 2.08 bits per heavy atom. The molecule has 0 spiro atoms. The van der Waals surface area contributed by atoms with Gasteiger partial charge in [-0.05, 0) is 43.3 Å². The Morgan fingerprint density at radius 1 is 1.29 bits per heavy atom. The molecule has 0 bridgehead atoms. The predicted molar refractivity (Wildman–Crippen MR) is 92.6 cm³/mol. The van der Waals surface area contributed by atoms with Gasteiger partial charge in [-0.25, -0.2) is 0 Å². The van der Waals surface area contributed by atoms with Crippen molar-refractivity contribution in [2.45, 2.75) is 32.3 Å². The van der Waals surface area contributed by atoms with Crippen molar-refractivity contribution < 1.29 is 14.3 Å². The number of hydrogen-bond acceptors (Lipinski definition) is 5. The SMILES string of the molecule is C[C@@H](OC(=O)CCCc1cccs1)C(=O)Nc1ccccc1C#N. The van der Waals surface area contributed by atoms with Gasteiger partial charge in [0.1, 0.15) is 6.07 Å². The van der Waals surface area contributed by atoms with E-state index in [-0.39, 0.29) is 6.42 Å². The fourth-order valence-electron chi connectivity index (χ4n) is 2.10. The van der Waals surface area contributed by atoms with Crippen LogP contribution in [0.4, 0.5) is 5.69 Å². The number of nitrogens with zero attached hydrogens (tertiary/aromatic N) is 1. The van der Waals surface area contributed by atoms with Crippen LogP contribution in [0.1, 0.15) is 30.2 Å². The number of para-hydroxylation sites is 1. The molecule has 6 heteroatoms. The second kappa shape index (κ2) is 8.85. The number of hydrogen-bond donors (Lipinski definition) is 1. The minimum absolute atomic E-state index is 0.268. The summed E-state index contributed by atoms with van der Waals surface area (Å²) < 4.78 is 5.15. The van der Waals surface area contributed by atoms with Gasteiger partial charge < -0.3 is 10.1 Å². The zero-order valence-corrected chi connectivity index (χ0v) is 14.1. The van der Waals surface area contributed by atoms with Crippen molar-refractivity contribution in [3.05, 3.63) is 52.2 Å². The van der Waals surface area contributed by atoms with E-state index in [1.165, 1.54) is 11.8 Å². The average Bonchev–Trinajstić information content (AvgIpc) is 3.08. The van der Waals surface area contributed by atoms with Crippen LogP contribution in [0.15, 0.2) is 41.8 Å². The summed E-state index contributed by atoms with van der Waals surface area (Å²) in [5.74, 6) is -0.855. The van der Waals surface area contributed by atoms with E-state index >= 15 is 0 Å². The lowest BCUT2D eigenvalue weighted by Gasteiger charge is -2.14. The Morgan fingerprint density at radius 3 is 2.79 bits per heavy atom. The lowest BCUT2D eigenvalue weighted by atomic mass is 10.2. The predicted octanol–water partition coefficient (Wildman–Crippen LogP) is 3.51. The Hall–Kier alpha value is -2.65. The third kappa shape index (κ3) is 5.21. The minimum atomic E-state index is -0.911. The smallest absolute Gasteiger partial charge is 0.306 e. The number of benzene rings is 1. The number of nitriles is 1. The summed E-state index contributed by atoms with van der Waals surface area (Å²) in [6.07, 6.45) is 0.865. The molecule has 1 aromatic heterocycles. The largest absolute Gasteiger partial charge is 0.453 e. The molecule has 124 valence electrons. The van der Waals surface area contributed by atoms with Gasteiger partial charge in [0.15, 0.2) is 6.10 Å². The lowest BCUT2D eigenvalue weighted by Crippen LogP contribution is -2.30. The van der Waals surface area contributed by atoms with Gasteiger partial charge in [-0.3, -0.25) is 9.59 Å². The molecule has 0 aliphatic carbocycles. The molecule has 0 radical (unpaired) electrons. The summed E-state index contributed by atoms with van der Waals surface area (Å²) >= 11 is 1.66. The van der Waals surface area contributed by atoms with Crippen molar-refractivity contribution in [3.63, 3.8) is 0 Å². The highest BCUT2D eigenvalue weighted by molar-refractivity contribution is 7.09. The number of carbonyl (C=O) groups is 2. The van der Waals surface area contributed by atoms with Crippen LogP contribution in [0.3, 0.4) is 0 Å². The molecular formula is C18H18N2O3S. The van der Waals surface area contributed by atoms with E-state index in [0.717, 1.165) is 6.42 Å². The number of thiophene rings is 1. The van der Waals surface area contributed by atoms with E-state index in [2.05, 4.69) is 5.32 Å². The number of rotatable bonds is 7. The number of carbonyl (C=O) groups excluding carboxylic acids is 2. The maximum atomic E-state index is 12.1. The van der Waals surface area contributed by atoms with Gasteiger partial charge in [0.25, 0.3) is 5.91 Å². The van der Waals surface area contributed by atoms with Crippen LogP contribution in [0.5, 0.6) is 0 Å². The molecule has 0 fully saturated rings. The van der Waals surface area contributed by atoms with Gasteiger partial charge in [0.05, 0.1) is 11.3 Å². The quantitative estimate of drug-likeness (QED) is 0.781. The van der Waals surface area contributed by atoms with Crippen molar-refractivity contribution >= 4 is 28.9 Å². The summed E-state index contributed by atoms with van der Waals surface area (Å²) in [6, 6.07) is 12.7. The topological polar surface area (TPSA) is 79.2 Å². The third-order valence-electron chi connectivity index (χ3n) is 3.37. The summed E-state index contributed by atoms with van der Waals surface area (Å²) in [5.41, 5.74) is 0.769. The van der Waals surface area contributed by atoms with Crippen LogP contribution in [0.25, 0.3) is 0 Å². The molecule has 1 atom stereocenters. The Balaban J connectivity index is 1.78. The first-order valence-corrected chi connectivity index (χ1v) is 8.50. The minimum Gasteiger partial charge on any atom is -0.453 e. The first-order valence-electron chi connectivity index (χ1n) is 7.62. The van der Waals surface area contributed by atoms with Crippen molar-refractivity contribution in [1.29, 1.82) is 5.26 Å². The molecule has 0 aliphatic heterocycles. The van der Waals surface area contributed by atoms with Crippen LogP contribution in [0.2, 0.25) is 0 Å². The number of nitrogens with one attached hydrogen (secondary N) is 1. The van der Waals surface area contributed by atoms with Gasteiger partial charge in [0, 0.05) is 11.3 Å². The Bertz CT molecular complexity index is 735. The number of aryl methyl sites for hydroxylation is 1. The lowest BCUT2D eigenvalue weighted by molar-refractivity contribution is -0.153. The van der Waals surface area contributed by atoms with E-state index < -0.39 is 18.0 Å². The highest BCUT2D eigenvalue weighted by Crippen LogP contribution is 2.15. The monoisotopic (exact) mass is 342 g/mol. The summed E-state index contributed by atoms with van der Waals surface area (Å²) in [4.78, 5) is 25.1. The van der Waals surface area contributed by atoms with E-state index in [1.807, 2.05) is 23.6 Å². The molecule has 2 aromatic rings. The fourth-order valence-corrected chi connectivity index (χ4v) is 2.85. The highest BCUT2D eigenvalue weighted by atomic mass is 32.1. The molecule has 0 unspecified atom stereocenters. The third-order valence-corrected chi connectivity index (χ3v) is 4.30. The molecule has 0 aliphatic rings. The normalized spacial score (nSPS) is 11.3. The number of anilines is 1. The van der Waals surface area contributed by atoms with E-state index in [1.54, 1.807) is 35.6 Å². The van der Waals surface area contributed by atoms with Crippen molar-refractivity contribution in [2.75, 3.05) is 5.32 Å². The van der Waals surface area contributed by atoms with Gasteiger partial charge in [-0.2, -0.15) is 5.26 Å². The van der Waals surface area contributed by atoms with Crippen molar-refractivity contribution in [1.82, 2.24) is 0 Å². The standard InChI is InChI=1S/C18H18N2O3S/c1-13(18(22)20-16-9-3-2-6-14(16)12-19)23-17(21)10-4-7-15-8-5-11-24-15/h2-3,5-6,8-9,11,13H,4,7,10H2,1H3,(H,20,22)/t13-/m1/s1. The molecule has 0 saturated heterocycles. The van der Waals surface area contributed by atoms with Crippen molar-refractivity contribution in [2.24, 2.45) is 0 Å². The van der Waals surface area contributed by atoms with E-state index in [4.69, 9.17) is 10.00 Å². The summed E-state index contributed by atoms with van der Waals surface area (Å²) in [6.45, 7) is 1.52.